The third-order valence-corrected chi connectivity index (χ3v) is 3.68. The Morgan fingerprint density at radius 2 is 1.74 bits per heavy atom. The van der Waals surface area contributed by atoms with E-state index in [1.807, 2.05) is 6.92 Å². The van der Waals surface area contributed by atoms with Crippen LogP contribution in [0.5, 0.6) is 0 Å². The lowest BCUT2D eigenvalue weighted by molar-refractivity contribution is -0.120. The molecule has 0 radical (unpaired) electrons. The number of amides is 1. The van der Waals surface area contributed by atoms with Gasteiger partial charge in [0.1, 0.15) is 5.82 Å². The first-order chi connectivity index (χ1) is 9.16. The number of nitrogens with zero attached hydrogens (tertiary/aromatic N) is 1. The minimum absolute atomic E-state index is 0.0199. The lowest BCUT2D eigenvalue weighted by Gasteiger charge is -2.26. The maximum absolute atomic E-state index is 12.8. The molecule has 1 N–H and O–H groups in total. The van der Waals surface area contributed by atoms with Crippen molar-refractivity contribution in [1.29, 1.82) is 0 Å². The predicted octanol–water partition coefficient (Wildman–Crippen LogP) is 3.03. The molecule has 4 heteroatoms. The van der Waals surface area contributed by atoms with E-state index in [1.54, 1.807) is 12.1 Å². The van der Waals surface area contributed by atoms with Crippen LogP contribution in [-0.2, 0) is 4.79 Å². The molecule has 3 nitrogen and oxygen atoms in total. The normalized spacial score (nSPS) is 18.6. The second-order valence-electron chi connectivity index (χ2n) is 5.12. The number of nitrogens with one attached hydrogen (secondary N) is 1. The first-order valence-electron chi connectivity index (χ1n) is 6.97. The van der Waals surface area contributed by atoms with Crippen LogP contribution in [0.15, 0.2) is 24.3 Å². The predicted molar refractivity (Wildman–Crippen MR) is 74.5 cm³/mol. The van der Waals surface area contributed by atoms with Crippen LogP contribution in [0.25, 0.3) is 0 Å². The molecule has 1 saturated heterocycles. The largest absolute Gasteiger partial charge is 0.325 e. The van der Waals surface area contributed by atoms with Crippen LogP contribution in [0, 0.1) is 5.82 Å². The zero-order valence-corrected chi connectivity index (χ0v) is 11.4. The van der Waals surface area contributed by atoms with Crippen molar-refractivity contribution in [2.24, 2.45) is 0 Å². The van der Waals surface area contributed by atoms with Crippen LogP contribution in [-0.4, -0.2) is 29.9 Å². The number of anilines is 1. The molecule has 0 aliphatic carbocycles. The van der Waals surface area contributed by atoms with Gasteiger partial charge in [0, 0.05) is 5.69 Å². The van der Waals surface area contributed by atoms with Gasteiger partial charge in [-0.25, -0.2) is 4.39 Å². The summed E-state index contributed by atoms with van der Waals surface area (Å²) < 4.78 is 12.8. The van der Waals surface area contributed by atoms with Crippen molar-refractivity contribution in [3.8, 4) is 0 Å². The van der Waals surface area contributed by atoms with Gasteiger partial charge in [-0.15, -0.1) is 0 Å². The van der Waals surface area contributed by atoms with Gasteiger partial charge in [-0.05, 0) is 57.1 Å². The van der Waals surface area contributed by atoms with E-state index in [1.165, 1.54) is 25.0 Å². The molecule has 19 heavy (non-hydrogen) atoms. The first kappa shape index (κ1) is 14.0. The summed E-state index contributed by atoms with van der Waals surface area (Å²) >= 11 is 0. The average Bonchev–Trinajstić information content (AvgIpc) is 2.69. The molecule has 1 aromatic rings. The molecule has 1 aliphatic rings. The topological polar surface area (TPSA) is 32.3 Å². The highest BCUT2D eigenvalue weighted by atomic mass is 19.1. The lowest BCUT2D eigenvalue weighted by atomic mass is 10.2. The molecule has 0 unspecified atom stereocenters. The van der Waals surface area contributed by atoms with E-state index < -0.39 is 0 Å². The van der Waals surface area contributed by atoms with Crippen molar-refractivity contribution in [3.63, 3.8) is 0 Å². The third kappa shape index (κ3) is 4.03. The Morgan fingerprint density at radius 1 is 1.16 bits per heavy atom. The summed E-state index contributed by atoms with van der Waals surface area (Å²) in [6, 6.07) is 5.74. The van der Waals surface area contributed by atoms with E-state index in [0.717, 1.165) is 25.9 Å². The monoisotopic (exact) mass is 264 g/mol. The highest BCUT2D eigenvalue weighted by molar-refractivity contribution is 5.94. The second kappa shape index (κ2) is 6.66. The Kier molecular flexibility index (Phi) is 4.91. The van der Waals surface area contributed by atoms with Gasteiger partial charge in [-0.2, -0.15) is 0 Å². The van der Waals surface area contributed by atoms with Gasteiger partial charge in [0.25, 0.3) is 0 Å². The lowest BCUT2D eigenvalue weighted by Crippen LogP contribution is -2.42. The van der Waals surface area contributed by atoms with Crippen LogP contribution >= 0.6 is 0 Å². The highest BCUT2D eigenvalue weighted by Gasteiger charge is 2.21. The minimum atomic E-state index is -0.293. The second-order valence-corrected chi connectivity index (χ2v) is 5.12. The summed E-state index contributed by atoms with van der Waals surface area (Å²) in [5.74, 6) is -0.313. The molecule has 0 saturated carbocycles. The summed E-state index contributed by atoms with van der Waals surface area (Å²) in [6.07, 6.45) is 4.83. The van der Waals surface area contributed by atoms with E-state index in [2.05, 4.69) is 10.2 Å². The number of carbonyl (C=O) groups excluding carboxylic acids is 1. The van der Waals surface area contributed by atoms with Crippen molar-refractivity contribution < 1.29 is 9.18 Å². The zero-order valence-electron chi connectivity index (χ0n) is 11.4. The molecule has 1 fully saturated rings. The molecule has 104 valence electrons. The summed E-state index contributed by atoms with van der Waals surface area (Å²) in [4.78, 5) is 14.4. The fraction of sp³-hybridized carbons (Fsp3) is 0.533. The number of hydrogen-bond donors (Lipinski definition) is 1. The van der Waals surface area contributed by atoms with E-state index in [0.29, 0.717) is 5.69 Å². The number of benzene rings is 1. The van der Waals surface area contributed by atoms with Crippen LogP contribution < -0.4 is 5.32 Å². The smallest absolute Gasteiger partial charge is 0.241 e. The molecule has 0 spiro atoms. The Balaban J connectivity index is 1.92. The quantitative estimate of drug-likeness (QED) is 0.910. The Hall–Kier alpha value is -1.42. The maximum atomic E-state index is 12.8. The van der Waals surface area contributed by atoms with E-state index in [-0.39, 0.29) is 17.8 Å². The molecule has 0 bridgehead atoms. The molecule has 1 heterocycles. The SMILES string of the molecule is C[C@H](C(=O)Nc1ccc(F)cc1)N1CCCCCC1. The molecule has 1 aromatic carbocycles. The van der Waals surface area contributed by atoms with Crippen molar-refractivity contribution in [2.75, 3.05) is 18.4 Å². The number of hydrogen-bond acceptors (Lipinski definition) is 2. The molecule has 1 atom stereocenters. The van der Waals surface area contributed by atoms with Gasteiger partial charge >= 0.3 is 0 Å². The number of likely N-dealkylation sites (tertiary alicyclic amines) is 1. The van der Waals surface area contributed by atoms with Gasteiger partial charge in [-0.3, -0.25) is 9.69 Å². The van der Waals surface area contributed by atoms with Crippen LogP contribution in [0.3, 0.4) is 0 Å². The molecule has 0 aromatic heterocycles. The number of halogens is 1. The van der Waals surface area contributed by atoms with Crippen LogP contribution in [0.2, 0.25) is 0 Å². The molecule has 2 rings (SSSR count). The standard InChI is InChI=1S/C15H21FN2O/c1-12(18-10-4-2-3-5-11-18)15(19)17-14-8-6-13(16)7-9-14/h6-9,12H,2-5,10-11H2,1H3,(H,17,19)/t12-/m1/s1. The fourth-order valence-corrected chi connectivity index (χ4v) is 2.43. The fourth-order valence-electron chi connectivity index (χ4n) is 2.43. The number of rotatable bonds is 3. The Labute approximate surface area is 113 Å². The van der Waals surface area contributed by atoms with Crippen molar-refractivity contribution in [1.82, 2.24) is 4.90 Å². The van der Waals surface area contributed by atoms with Crippen LogP contribution in [0.4, 0.5) is 10.1 Å². The van der Waals surface area contributed by atoms with E-state index >= 15 is 0 Å². The summed E-state index contributed by atoms with van der Waals surface area (Å²) in [7, 11) is 0. The third-order valence-electron chi connectivity index (χ3n) is 3.68. The maximum Gasteiger partial charge on any atom is 0.241 e. The number of carbonyl (C=O) groups is 1. The van der Waals surface area contributed by atoms with Gasteiger partial charge in [0.05, 0.1) is 6.04 Å². The Morgan fingerprint density at radius 3 is 2.32 bits per heavy atom. The summed E-state index contributed by atoms with van der Waals surface area (Å²) in [6.45, 7) is 3.90. The average molecular weight is 264 g/mol. The van der Waals surface area contributed by atoms with Crippen molar-refractivity contribution in [2.45, 2.75) is 38.6 Å². The van der Waals surface area contributed by atoms with Crippen molar-refractivity contribution in [3.05, 3.63) is 30.1 Å². The van der Waals surface area contributed by atoms with Gasteiger partial charge in [-0.1, -0.05) is 12.8 Å². The summed E-state index contributed by atoms with van der Waals surface area (Å²) in [5.41, 5.74) is 0.646. The van der Waals surface area contributed by atoms with Crippen molar-refractivity contribution >= 4 is 11.6 Å². The van der Waals surface area contributed by atoms with Gasteiger partial charge < -0.3 is 5.32 Å². The van der Waals surface area contributed by atoms with Gasteiger partial charge in [0.2, 0.25) is 5.91 Å². The summed E-state index contributed by atoms with van der Waals surface area (Å²) in [5, 5.41) is 2.84. The first-order valence-corrected chi connectivity index (χ1v) is 6.97. The minimum Gasteiger partial charge on any atom is -0.325 e. The highest BCUT2D eigenvalue weighted by Crippen LogP contribution is 2.14. The van der Waals surface area contributed by atoms with E-state index in [9.17, 15) is 9.18 Å². The Bertz CT molecular complexity index is 411. The van der Waals surface area contributed by atoms with Crippen LogP contribution in [0.1, 0.15) is 32.6 Å². The zero-order chi connectivity index (χ0) is 13.7. The molecular weight excluding hydrogens is 243 g/mol. The molecule has 1 amide bonds. The molecule has 1 aliphatic heterocycles. The van der Waals surface area contributed by atoms with Gasteiger partial charge in [0.15, 0.2) is 0 Å². The van der Waals surface area contributed by atoms with E-state index in [4.69, 9.17) is 0 Å². The molecular formula is C15H21FN2O.